The fourth-order valence-electron chi connectivity index (χ4n) is 3.38. The van der Waals surface area contributed by atoms with Crippen LogP contribution in [0.25, 0.3) is 11.0 Å². The Bertz CT molecular complexity index is 1140. The molecule has 1 heterocycles. The maximum atomic E-state index is 13.4. The van der Waals surface area contributed by atoms with Crippen LogP contribution in [-0.4, -0.2) is 15.6 Å². The zero-order valence-electron chi connectivity index (χ0n) is 16.7. The van der Waals surface area contributed by atoms with Crippen molar-refractivity contribution in [2.45, 2.75) is 26.1 Å². The maximum Gasteiger partial charge on any atom is 0.315 e. The van der Waals surface area contributed by atoms with Gasteiger partial charge in [0.25, 0.3) is 0 Å². The number of fused-ring (bicyclic) bond motifs is 1. The van der Waals surface area contributed by atoms with Gasteiger partial charge in [0.15, 0.2) is 0 Å². The van der Waals surface area contributed by atoms with Gasteiger partial charge in [-0.2, -0.15) is 0 Å². The van der Waals surface area contributed by atoms with E-state index < -0.39 is 0 Å². The Morgan fingerprint density at radius 1 is 1.03 bits per heavy atom. The minimum Gasteiger partial charge on any atom is -0.334 e. The number of amides is 2. The number of hydrogen-bond acceptors (Lipinski definition) is 2. The Morgan fingerprint density at radius 2 is 1.77 bits per heavy atom. The van der Waals surface area contributed by atoms with Gasteiger partial charge in [0.1, 0.15) is 5.82 Å². The maximum absolute atomic E-state index is 13.4. The van der Waals surface area contributed by atoms with Crippen LogP contribution >= 0.6 is 0 Å². The Kier molecular flexibility index (Phi) is 5.75. The molecule has 152 valence electrons. The van der Waals surface area contributed by atoms with E-state index in [1.54, 1.807) is 18.5 Å². The number of imidazole rings is 1. The number of benzene rings is 3. The summed E-state index contributed by atoms with van der Waals surface area (Å²) >= 11 is 0. The number of carbonyl (C=O) groups excluding carboxylic acids is 1. The molecule has 4 aromatic rings. The number of hydrogen-bond donors (Lipinski definition) is 2. The Labute approximate surface area is 174 Å². The zero-order valence-corrected chi connectivity index (χ0v) is 16.7. The molecule has 0 aliphatic heterocycles. The van der Waals surface area contributed by atoms with Gasteiger partial charge >= 0.3 is 6.03 Å². The lowest BCUT2D eigenvalue weighted by atomic mass is 10.1. The highest BCUT2D eigenvalue weighted by atomic mass is 19.1. The van der Waals surface area contributed by atoms with Crippen molar-refractivity contribution in [1.29, 1.82) is 0 Å². The van der Waals surface area contributed by atoms with Crippen molar-refractivity contribution in [1.82, 2.24) is 20.2 Å². The molecule has 0 bridgehead atoms. The molecule has 0 fully saturated rings. The molecule has 2 amide bonds. The summed E-state index contributed by atoms with van der Waals surface area (Å²) in [4.78, 5) is 17.0. The molecule has 0 aliphatic carbocycles. The molecule has 0 aliphatic rings. The van der Waals surface area contributed by atoms with E-state index in [0.717, 1.165) is 22.2 Å². The topological polar surface area (TPSA) is 59.0 Å². The first-order valence-corrected chi connectivity index (χ1v) is 9.84. The SMILES string of the molecule is Cc1ccc(CNC(=O)N[C@@H](Cn2cnc3ccccc32)c2ccc(F)cc2)cc1. The minimum atomic E-state index is -0.346. The normalized spacial score (nSPS) is 11.9. The summed E-state index contributed by atoms with van der Waals surface area (Å²) in [5, 5.41) is 5.91. The monoisotopic (exact) mass is 402 g/mol. The molecule has 0 radical (unpaired) electrons. The summed E-state index contributed by atoms with van der Waals surface area (Å²) in [6.45, 7) is 2.93. The van der Waals surface area contributed by atoms with E-state index in [1.165, 1.54) is 17.7 Å². The summed E-state index contributed by atoms with van der Waals surface area (Å²) in [5.41, 5.74) is 4.88. The van der Waals surface area contributed by atoms with Crippen LogP contribution in [0.4, 0.5) is 9.18 Å². The molecule has 30 heavy (non-hydrogen) atoms. The van der Waals surface area contributed by atoms with E-state index in [0.29, 0.717) is 13.1 Å². The van der Waals surface area contributed by atoms with Crippen molar-refractivity contribution in [3.8, 4) is 0 Å². The average Bonchev–Trinajstić information content (AvgIpc) is 3.16. The average molecular weight is 402 g/mol. The van der Waals surface area contributed by atoms with Gasteiger partial charge < -0.3 is 15.2 Å². The van der Waals surface area contributed by atoms with E-state index in [1.807, 2.05) is 60.0 Å². The second kappa shape index (κ2) is 8.78. The third-order valence-corrected chi connectivity index (χ3v) is 5.06. The number of carbonyl (C=O) groups is 1. The molecule has 4 rings (SSSR count). The van der Waals surface area contributed by atoms with Gasteiger partial charge in [0.2, 0.25) is 0 Å². The van der Waals surface area contributed by atoms with Gasteiger partial charge in [-0.05, 0) is 42.3 Å². The van der Waals surface area contributed by atoms with Gasteiger partial charge in [-0.15, -0.1) is 0 Å². The van der Waals surface area contributed by atoms with Crippen LogP contribution in [0.3, 0.4) is 0 Å². The van der Waals surface area contributed by atoms with Crippen LogP contribution in [0.15, 0.2) is 79.1 Å². The second-order valence-corrected chi connectivity index (χ2v) is 7.30. The van der Waals surface area contributed by atoms with Crippen LogP contribution in [0.2, 0.25) is 0 Å². The van der Waals surface area contributed by atoms with Crippen molar-refractivity contribution in [3.05, 3.63) is 102 Å². The lowest BCUT2D eigenvalue weighted by Crippen LogP contribution is -2.39. The molecular weight excluding hydrogens is 379 g/mol. The van der Waals surface area contributed by atoms with E-state index in [-0.39, 0.29) is 17.9 Å². The molecule has 6 heteroatoms. The van der Waals surface area contributed by atoms with Crippen LogP contribution < -0.4 is 10.6 Å². The lowest BCUT2D eigenvalue weighted by Gasteiger charge is -2.21. The molecule has 0 saturated carbocycles. The van der Waals surface area contributed by atoms with E-state index in [9.17, 15) is 9.18 Å². The molecule has 3 aromatic carbocycles. The second-order valence-electron chi connectivity index (χ2n) is 7.30. The van der Waals surface area contributed by atoms with Crippen molar-refractivity contribution >= 4 is 17.1 Å². The number of rotatable bonds is 6. The molecule has 0 spiro atoms. The van der Waals surface area contributed by atoms with Crippen LogP contribution in [0, 0.1) is 12.7 Å². The predicted octanol–water partition coefficient (Wildman–Crippen LogP) is 4.72. The fourth-order valence-corrected chi connectivity index (χ4v) is 3.38. The molecular formula is C24H23FN4O. The van der Waals surface area contributed by atoms with E-state index in [2.05, 4.69) is 15.6 Å². The molecule has 0 unspecified atom stereocenters. The number of nitrogens with one attached hydrogen (secondary N) is 2. The summed E-state index contributed by atoms with van der Waals surface area (Å²) in [5.74, 6) is -0.311. The van der Waals surface area contributed by atoms with Crippen molar-refractivity contribution in [2.24, 2.45) is 0 Å². The number of nitrogens with zero attached hydrogens (tertiary/aromatic N) is 2. The smallest absolute Gasteiger partial charge is 0.315 e. The quantitative estimate of drug-likeness (QED) is 0.490. The van der Waals surface area contributed by atoms with Crippen molar-refractivity contribution in [3.63, 3.8) is 0 Å². The van der Waals surface area contributed by atoms with Crippen LogP contribution in [0.1, 0.15) is 22.7 Å². The summed E-state index contributed by atoms with van der Waals surface area (Å²) in [6.07, 6.45) is 1.76. The van der Waals surface area contributed by atoms with E-state index in [4.69, 9.17) is 0 Å². The highest BCUT2D eigenvalue weighted by Crippen LogP contribution is 2.20. The highest BCUT2D eigenvalue weighted by molar-refractivity contribution is 5.76. The highest BCUT2D eigenvalue weighted by Gasteiger charge is 2.17. The van der Waals surface area contributed by atoms with Crippen molar-refractivity contribution in [2.75, 3.05) is 0 Å². The standard InChI is InChI=1S/C24H23FN4O/c1-17-6-8-18(9-7-17)14-26-24(30)28-22(19-10-12-20(25)13-11-19)15-29-16-27-21-4-2-3-5-23(21)29/h2-13,16,22H,14-15H2,1H3,(H2,26,28,30)/t22-/m0/s1. The number of para-hydroxylation sites is 2. The molecule has 1 atom stereocenters. The first-order valence-electron chi connectivity index (χ1n) is 9.84. The Hall–Kier alpha value is -3.67. The third kappa shape index (κ3) is 4.66. The summed E-state index contributed by atoms with van der Waals surface area (Å²) in [6, 6.07) is 21.4. The van der Waals surface area contributed by atoms with Gasteiger partial charge in [-0.3, -0.25) is 0 Å². The third-order valence-electron chi connectivity index (χ3n) is 5.06. The molecule has 1 aromatic heterocycles. The Balaban J connectivity index is 1.50. The first-order chi connectivity index (χ1) is 14.6. The van der Waals surface area contributed by atoms with E-state index >= 15 is 0 Å². The van der Waals surface area contributed by atoms with Gasteiger partial charge in [0.05, 0.1) is 23.4 Å². The molecule has 2 N–H and O–H groups in total. The number of urea groups is 1. The largest absolute Gasteiger partial charge is 0.334 e. The number of halogens is 1. The van der Waals surface area contributed by atoms with Gasteiger partial charge in [-0.25, -0.2) is 14.2 Å². The Morgan fingerprint density at radius 3 is 2.53 bits per heavy atom. The lowest BCUT2D eigenvalue weighted by molar-refractivity contribution is 0.235. The first kappa shape index (κ1) is 19.6. The zero-order chi connectivity index (χ0) is 20.9. The predicted molar refractivity (Wildman–Crippen MR) is 115 cm³/mol. The summed E-state index contributed by atoms with van der Waals surface area (Å²) < 4.78 is 15.4. The van der Waals surface area contributed by atoms with Gasteiger partial charge in [-0.1, -0.05) is 54.1 Å². The molecule has 5 nitrogen and oxygen atoms in total. The number of aromatic nitrogens is 2. The van der Waals surface area contributed by atoms with Crippen LogP contribution in [0.5, 0.6) is 0 Å². The fraction of sp³-hybridized carbons (Fsp3) is 0.167. The number of aryl methyl sites for hydroxylation is 1. The van der Waals surface area contributed by atoms with Crippen LogP contribution in [-0.2, 0) is 13.1 Å². The molecule has 0 saturated heterocycles. The van der Waals surface area contributed by atoms with Crippen molar-refractivity contribution < 1.29 is 9.18 Å². The van der Waals surface area contributed by atoms with Gasteiger partial charge in [0, 0.05) is 13.1 Å². The summed E-state index contributed by atoms with van der Waals surface area (Å²) in [7, 11) is 0. The minimum absolute atomic E-state index is 0.283.